The molecule has 7 heteroatoms. The van der Waals surface area contributed by atoms with Crippen molar-refractivity contribution in [2.45, 2.75) is 38.8 Å². The van der Waals surface area contributed by atoms with Crippen molar-refractivity contribution in [3.05, 3.63) is 65.9 Å². The lowest BCUT2D eigenvalue weighted by Gasteiger charge is -2.41. The van der Waals surface area contributed by atoms with Crippen LogP contribution in [-0.4, -0.2) is 62.2 Å². The van der Waals surface area contributed by atoms with E-state index in [9.17, 15) is 5.11 Å². The molecule has 162 valence electrons. The summed E-state index contributed by atoms with van der Waals surface area (Å²) in [5.41, 5.74) is 4.15. The first kappa shape index (κ1) is 21.3. The van der Waals surface area contributed by atoms with Crippen LogP contribution in [-0.2, 0) is 6.54 Å². The highest BCUT2D eigenvalue weighted by Gasteiger charge is 2.35. The van der Waals surface area contributed by atoms with E-state index in [2.05, 4.69) is 36.9 Å². The summed E-state index contributed by atoms with van der Waals surface area (Å²) in [6.45, 7) is 6.67. The van der Waals surface area contributed by atoms with E-state index in [-0.39, 0.29) is 0 Å². The number of likely N-dealkylation sites (N-methyl/N-ethyl adjacent to an activating group) is 1. The van der Waals surface area contributed by atoms with Crippen molar-refractivity contribution in [3.8, 4) is 11.3 Å². The molecule has 1 atom stereocenters. The predicted molar refractivity (Wildman–Crippen MR) is 122 cm³/mol. The molecule has 4 rings (SSSR count). The highest BCUT2D eigenvalue weighted by Crippen LogP contribution is 2.27. The van der Waals surface area contributed by atoms with E-state index in [0.29, 0.717) is 19.0 Å². The third-order valence-electron chi connectivity index (χ3n) is 5.72. The second kappa shape index (κ2) is 9.08. The number of hydrogen-bond acceptors (Lipinski definition) is 7. The third-order valence-corrected chi connectivity index (χ3v) is 5.72. The van der Waals surface area contributed by atoms with Gasteiger partial charge in [0.15, 0.2) is 0 Å². The van der Waals surface area contributed by atoms with E-state index >= 15 is 0 Å². The highest BCUT2D eigenvalue weighted by molar-refractivity contribution is 5.62. The van der Waals surface area contributed by atoms with Gasteiger partial charge in [-0.05, 0) is 63.6 Å². The molecule has 0 radical (unpaired) electrons. The first-order valence-electron chi connectivity index (χ1n) is 10.7. The summed E-state index contributed by atoms with van der Waals surface area (Å²) in [4.78, 5) is 22.3. The summed E-state index contributed by atoms with van der Waals surface area (Å²) in [5, 5.41) is 11.3. The van der Waals surface area contributed by atoms with Crippen LogP contribution in [0, 0.1) is 13.8 Å². The number of piperidine rings is 1. The minimum Gasteiger partial charge on any atom is -0.387 e. The number of pyridine rings is 2. The standard InChI is InChI=1S/C24H30N6O/c1-18-7-8-21(19(2)27-18)22-9-12-26-23(28-22)30-13-5-10-24(31,17-30)16-29(3)15-20-6-4-11-25-14-20/h4,6-9,11-12,14,31H,5,10,13,15-17H2,1-3H3. The van der Waals surface area contributed by atoms with Gasteiger partial charge in [0.25, 0.3) is 0 Å². The smallest absolute Gasteiger partial charge is 0.225 e. The Morgan fingerprint density at radius 1 is 1.13 bits per heavy atom. The molecule has 1 N–H and O–H groups in total. The molecule has 31 heavy (non-hydrogen) atoms. The van der Waals surface area contributed by atoms with Gasteiger partial charge in [0.1, 0.15) is 0 Å². The van der Waals surface area contributed by atoms with Crippen molar-refractivity contribution in [1.29, 1.82) is 0 Å². The van der Waals surface area contributed by atoms with Crippen LogP contribution in [0.1, 0.15) is 29.8 Å². The van der Waals surface area contributed by atoms with E-state index in [4.69, 9.17) is 4.98 Å². The topological polar surface area (TPSA) is 78.3 Å². The fourth-order valence-corrected chi connectivity index (χ4v) is 4.38. The molecule has 0 bridgehead atoms. The van der Waals surface area contributed by atoms with Crippen LogP contribution in [0.3, 0.4) is 0 Å². The van der Waals surface area contributed by atoms with E-state index in [1.807, 2.05) is 45.3 Å². The fraction of sp³-hybridized carbons (Fsp3) is 0.417. The van der Waals surface area contributed by atoms with Crippen LogP contribution in [0.2, 0.25) is 0 Å². The summed E-state index contributed by atoms with van der Waals surface area (Å²) in [6.07, 6.45) is 7.10. The van der Waals surface area contributed by atoms with Gasteiger partial charge in [0.05, 0.1) is 17.8 Å². The molecule has 1 aliphatic heterocycles. The number of aliphatic hydroxyl groups is 1. The average Bonchev–Trinajstić information content (AvgIpc) is 2.74. The minimum atomic E-state index is -0.810. The molecular weight excluding hydrogens is 388 g/mol. The largest absolute Gasteiger partial charge is 0.387 e. The second-order valence-electron chi connectivity index (χ2n) is 8.61. The van der Waals surface area contributed by atoms with Gasteiger partial charge in [-0.15, -0.1) is 0 Å². The molecular formula is C24H30N6O. The zero-order valence-corrected chi connectivity index (χ0v) is 18.5. The lowest BCUT2D eigenvalue weighted by atomic mass is 9.92. The second-order valence-corrected chi connectivity index (χ2v) is 8.61. The van der Waals surface area contributed by atoms with Gasteiger partial charge >= 0.3 is 0 Å². The lowest BCUT2D eigenvalue weighted by molar-refractivity contribution is -0.00367. The maximum absolute atomic E-state index is 11.3. The monoisotopic (exact) mass is 418 g/mol. The van der Waals surface area contributed by atoms with Gasteiger partial charge in [0, 0.05) is 55.2 Å². The summed E-state index contributed by atoms with van der Waals surface area (Å²) in [7, 11) is 2.04. The third kappa shape index (κ3) is 5.24. The van der Waals surface area contributed by atoms with Crippen molar-refractivity contribution in [3.63, 3.8) is 0 Å². The Morgan fingerprint density at radius 2 is 2.00 bits per heavy atom. The van der Waals surface area contributed by atoms with Gasteiger partial charge < -0.3 is 10.0 Å². The fourth-order valence-electron chi connectivity index (χ4n) is 4.38. The number of aryl methyl sites for hydroxylation is 2. The van der Waals surface area contributed by atoms with Crippen LogP contribution in [0.4, 0.5) is 5.95 Å². The maximum Gasteiger partial charge on any atom is 0.225 e. The van der Waals surface area contributed by atoms with Crippen molar-refractivity contribution < 1.29 is 5.11 Å². The van der Waals surface area contributed by atoms with E-state index in [1.54, 1.807) is 12.4 Å². The number of aromatic nitrogens is 4. The average molecular weight is 419 g/mol. The van der Waals surface area contributed by atoms with Gasteiger partial charge in [-0.25, -0.2) is 9.97 Å². The molecule has 0 saturated carbocycles. The zero-order chi connectivity index (χ0) is 21.8. The van der Waals surface area contributed by atoms with E-state index in [1.165, 1.54) is 0 Å². The summed E-state index contributed by atoms with van der Waals surface area (Å²) in [6, 6.07) is 9.98. The summed E-state index contributed by atoms with van der Waals surface area (Å²) >= 11 is 0. The SMILES string of the molecule is Cc1ccc(-c2ccnc(N3CCCC(O)(CN(C)Cc4cccnc4)C3)n2)c(C)n1. The molecule has 1 fully saturated rings. The van der Waals surface area contributed by atoms with Gasteiger partial charge in [0.2, 0.25) is 5.95 Å². The van der Waals surface area contributed by atoms with Crippen molar-refractivity contribution in [2.75, 3.05) is 31.6 Å². The predicted octanol–water partition coefficient (Wildman–Crippen LogP) is 3.01. The Kier molecular flexibility index (Phi) is 6.25. The van der Waals surface area contributed by atoms with Crippen LogP contribution in [0.15, 0.2) is 48.9 Å². The highest BCUT2D eigenvalue weighted by atomic mass is 16.3. The Hall–Kier alpha value is -2.90. The normalized spacial score (nSPS) is 19.1. The number of anilines is 1. The maximum atomic E-state index is 11.3. The first-order valence-corrected chi connectivity index (χ1v) is 10.7. The minimum absolute atomic E-state index is 0.513. The van der Waals surface area contributed by atoms with Crippen molar-refractivity contribution in [2.24, 2.45) is 0 Å². The summed E-state index contributed by atoms with van der Waals surface area (Å²) in [5.74, 6) is 0.658. The molecule has 4 heterocycles. The molecule has 0 amide bonds. The van der Waals surface area contributed by atoms with Crippen LogP contribution in [0.25, 0.3) is 11.3 Å². The number of hydrogen-bond donors (Lipinski definition) is 1. The Bertz CT molecular complexity index is 1030. The first-order chi connectivity index (χ1) is 14.9. The Morgan fingerprint density at radius 3 is 2.77 bits per heavy atom. The molecule has 7 nitrogen and oxygen atoms in total. The van der Waals surface area contributed by atoms with E-state index in [0.717, 1.165) is 54.1 Å². The Labute approximate surface area is 183 Å². The number of rotatable bonds is 6. The van der Waals surface area contributed by atoms with Crippen molar-refractivity contribution in [1.82, 2.24) is 24.8 Å². The molecule has 0 aromatic carbocycles. The van der Waals surface area contributed by atoms with Crippen LogP contribution < -0.4 is 4.90 Å². The number of β-amino-alcohol motifs (C(OH)–C–C–N with tert-alkyl or cyclic N) is 1. The molecule has 1 saturated heterocycles. The quantitative estimate of drug-likeness (QED) is 0.659. The Balaban J connectivity index is 1.48. The lowest BCUT2D eigenvalue weighted by Crippen LogP contribution is -2.54. The van der Waals surface area contributed by atoms with Crippen LogP contribution in [0.5, 0.6) is 0 Å². The molecule has 0 aliphatic carbocycles. The van der Waals surface area contributed by atoms with Gasteiger partial charge in [-0.3, -0.25) is 14.9 Å². The van der Waals surface area contributed by atoms with Crippen LogP contribution >= 0.6 is 0 Å². The van der Waals surface area contributed by atoms with Gasteiger partial charge in [-0.1, -0.05) is 6.07 Å². The molecule has 1 unspecified atom stereocenters. The van der Waals surface area contributed by atoms with Crippen molar-refractivity contribution >= 4 is 5.95 Å². The number of nitrogens with zero attached hydrogens (tertiary/aromatic N) is 6. The summed E-state index contributed by atoms with van der Waals surface area (Å²) < 4.78 is 0. The zero-order valence-electron chi connectivity index (χ0n) is 18.5. The molecule has 0 spiro atoms. The molecule has 1 aliphatic rings. The van der Waals surface area contributed by atoms with E-state index < -0.39 is 5.60 Å². The molecule has 3 aromatic heterocycles. The molecule has 3 aromatic rings. The van der Waals surface area contributed by atoms with Gasteiger partial charge in [-0.2, -0.15) is 0 Å².